The van der Waals surface area contributed by atoms with Gasteiger partial charge >= 0.3 is 0 Å². The summed E-state index contributed by atoms with van der Waals surface area (Å²) in [4.78, 5) is 23.6. The molecule has 5 N–H and O–H groups in total. The van der Waals surface area contributed by atoms with Crippen LogP contribution in [0.2, 0.25) is 0 Å². The van der Waals surface area contributed by atoms with Crippen LogP contribution in [0.4, 0.5) is 5.00 Å². The van der Waals surface area contributed by atoms with Gasteiger partial charge in [-0.15, -0.1) is 11.3 Å². The SMILES string of the molecule is NC(=O)c1c(NC=O)sc2c1CC[N+](CCCO)(CCCO)C2. The van der Waals surface area contributed by atoms with Crippen LogP contribution in [0.15, 0.2) is 0 Å². The highest BCUT2D eigenvalue weighted by atomic mass is 32.1. The molecular formula is C15H24N3O4S+. The predicted octanol–water partition coefficient (Wildman–Crippen LogP) is 0.0530. The number of aliphatic hydroxyl groups is 2. The Balaban J connectivity index is 2.31. The Morgan fingerprint density at radius 3 is 2.48 bits per heavy atom. The molecule has 0 bridgehead atoms. The van der Waals surface area contributed by atoms with Gasteiger partial charge in [0, 0.05) is 32.5 Å². The molecule has 0 aromatic carbocycles. The van der Waals surface area contributed by atoms with Crippen molar-refractivity contribution in [2.75, 3.05) is 38.2 Å². The third-order valence-electron chi connectivity index (χ3n) is 4.42. The molecule has 8 heteroatoms. The molecule has 0 saturated carbocycles. The zero-order valence-electron chi connectivity index (χ0n) is 13.1. The molecule has 1 aromatic heterocycles. The number of hydrogen-bond donors (Lipinski definition) is 4. The second-order valence-corrected chi connectivity index (χ2v) is 7.01. The van der Waals surface area contributed by atoms with Crippen molar-refractivity contribution in [3.8, 4) is 0 Å². The first kappa shape index (κ1) is 17.9. The molecule has 128 valence electrons. The Morgan fingerprint density at radius 1 is 1.30 bits per heavy atom. The molecule has 2 amide bonds. The Hall–Kier alpha value is -1.48. The summed E-state index contributed by atoms with van der Waals surface area (Å²) in [5.41, 5.74) is 6.85. The normalized spacial score (nSPS) is 15.9. The second-order valence-electron chi connectivity index (χ2n) is 5.91. The molecule has 0 fully saturated rings. The number of rotatable bonds is 9. The summed E-state index contributed by atoms with van der Waals surface area (Å²) >= 11 is 1.40. The predicted molar refractivity (Wildman–Crippen MR) is 88.2 cm³/mol. The van der Waals surface area contributed by atoms with E-state index < -0.39 is 5.91 Å². The second kappa shape index (κ2) is 7.87. The van der Waals surface area contributed by atoms with Crippen LogP contribution in [-0.4, -0.2) is 59.9 Å². The first-order chi connectivity index (χ1) is 11.1. The van der Waals surface area contributed by atoms with Gasteiger partial charge in [0.05, 0.1) is 30.1 Å². The highest BCUT2D eigenvalue weighted by Crippen LogP contribution is 2.39. The number of aliphatic hydroxyl groups excluding tert-OH is 2. The van der Waals surface area contributed by atoms with Gasteiger partial charge in [0.25, 0.3) is 5.91 Å². The zero-order chi connectivity index (χ0) is 16.9. The summed E-state index contributed by atoms with van der Waals surface area (Å²) in [5, 5.41) is 21.4. The summed E-state index contributed by atoms with van der Waals surface area (Å²) in [6.45, 7) is 3.51. The number of nitrogens with one attached hydrogen (secondary N) is 1. The Morgan fingerprint density at radius 2 is 1.96 bits per heavy atom. The summed E-state index contributed by atoms with van der Waals surface area (Å²) in [7, 11) is 0. The van der Waals surface area contributed by atoms with Crippen molar-refractivity contribution in [2.24, 2.45) is 5.73 Å². The molecule has 23 heavy (non-hydrogen) atoms. The van der Waals surface area contributed by atoms with Crippen LogP contribution in [-0.2, 0) is 17.8 Å². The number of nitrogens with zero attached hydrogens (tertiary/aromatic N) is 1. The number of anilines is 1. The van der Waals surface area contributed by atoms with Crippen molar-refractivity contribution in [1.82, 2.24) is 0 Å². The summed E-state index contributed by atoms with van der Waals surface area (Å²) in [5.74, 6) is -0.516. The molecule has 1 aromatic rings. The first-order valence-electron chi connectivity index (χ1n) is 7.78. The lowest BCUT2D eigenvalue weighted by Gasteiger charge is -2.41. The van der Waals surface area contributed by atoms with E-state index in [-0.39, 0.29) is 13.2 Å². The van der Waals surface area contributed by atoms with Gasteiger partial charge in [-0.25, -0.2) is 0 Å². The minimum absolute atomic E-state index is 0.140. The molecule has 0 unspecified atom stereocenters. The molecule has 7 nitrogen and oxygen atoms in total. The molecule has 0 spiro atoms. The van der Waals surface area contributed by atoms with Gasteiger partial charge in [0.2, 0.25) is 6.41 Å². The molecular weight excluding hydrogens is 318 g/mol. The smallest absolute Gasteiger partial charge is 0.252 e. The van der Waals surface area contributed by atoms with Crippen molar-refractivity contribution < 1.29 is 24.3 Å². The van der Waals surface area contributed by atoms with Gasteiger partial charge in [-0.2, -0.15) is 0 Å². The van der Waals surface area contributed by atoms with Crippen molar-refractivity contribution in [1.29, 1.82) is 0 Å². The molecule has 0 atom stereocenters. The number of amides is 2. The average Bonchev–Trinajstić information content (AvgIpc) is 2.88. The van der Waals surface area contributed by atoms with Gasteiger partial charge in [-0.3, -0.25) is 9.59 Å². The monoisotopic (exact) mass is 342 g/mol. The third kappa shape index (κ3) is 3.89. The average molecular weight is 342 g/mol. The summed E-state index contributed by atoms with van der Waals surface area (Å²) in [6.07, 6.45) is 2.67. The van der Waals surface area contributed by atoms with Crippen molar-refractivity contribution in [2.45, 2.75) is 25.8 Å². The molecule has 0 saturated heterocycles. The van der Waals surface area contributed by atoms with Crippen LogP contribution in [0.1, 0.15) is 33.6 Å². The highest BCUT2D eigenvalue weighted by Gasteiger charge is 2.36. The minimum Gasteiger partial charge on any atom is -0.396 e. The van der Waals surface area contributed by atoms with Crippen molar-refractivity contribution in [3.63, 3.8) is 0 Å². The van der Waals surface area contributed by atoms with Crippen LogP contribution in [0.25, 0.3) is 0 Å². The van der Waals surface area contributed by atoms with E-state index in [9.17, 15) is 9.59 Å². The van der Waals surface area contributed by atoms with Crippen LogP contribution in [0, 0.1) is 0 Å². The molecule has 0 aliphatic carbocycles. The number of primary amides is 1. The number of carbonyl (C=O) groups is 2. The van der Waals surface area contributed by atoms with E-state index in [1.165, 1.54) is 11.3 Å². The van der Waals surface area contributed by atoms with E-state index >= 15 is 0 Å². The van der Waals surface area contributed by atoms with Gasteiger partial charge in [-0.05, 0) is 5.56 Å². The standard InChI is InChI=1S/C15H23N3O4S/c16-14(22)13-11-3-6-18(4-1-7-19,5-2-8-20)9-12(11)23-15(13)17-10-21/h10,19-20H,1-9H2,(H2-,16,17,21,22)/p+1. The molecule has 1 aliphatic heterocycles. The molecule has 2 rings (SSSR count). The maximum Gasteiger partial charge on any atom is 0.252 e. The van der Waals surface area contributed by atoms with Crippen LogP contribution in [0.3, 0.4) is 0 Å². The number of quaternary nitrogens is 1. The number of nitrogens with two attached hydrogens (primary N) is 1. The van der Waals surface area contributed by atoms with Gasteiger partial charge in [-0.1, -0.05) is 0 Å². The number of carbonyl (C=O) groups excluding carboxylic acids is 2. The fraction of sp³-hybridized carbons (Fsp3) is 0.600. The van der Waals surface area contributed by atoms with Crippen LogP contribution < -0.4 is 11.1 Å². The van der Waals surface area contributed by atoms with E-state index in [2.05, 4.69) is 5.32 Å². The fourth-order valence-electron chi connectivity index (χ4n) is 3.36. The number of thiophene rings is 1. The Bertz CT molecular complexity index is 565. The third-order valence-corrected chi connectivity index (χ3v) is 5.57. The van der Waals surface area contributed by atoms with Crippen LogP contribution >= 0.6 is 11.3 Å². The minimum atomic E-state index is -0.516. The van der Waals surface area contributed by atoms with E-state index in [1.54, 1.807) is 0 Å². The molecule has 1 aliphatic rings. The largest absolute Gasteiger partial charge is 0.396 e. The highest BCUT2D eigenvalue weighted by molar-refractivity contribution is 7.16. The van der Waals surface area contributed by atoms with Gasteiger partial charge in [0.15, 0.2) is 0 Å². The summed E-state index contributed by atoms with van der Waals surface area (Å²) < 4.78 is 0.785. The number of fused-ring (bicyclic) bond motifs is 1. The van der Waals surface area contributed by atoms with Crippen molar-refractivity contribution >= 4 is 28.7 Å². The van der Waals surface area contributed by atoms with E-state index in [0.717, 1.165) is 41.1 Å². The first-order valence-corrected chi connectivity index (χ1v) is 8.60. The van der Waals surface area contributed by atoms with Gasteiger partial charge < -0.3 is 25.7 Å². The van der Waals surface area contributed by atoms with Gasteiger partial charge in [0.1, 0.15) is 11.5 Å². The van der Waals surface area contributed by atoms with E-state index in [1.807, 2.05) is 0 Å². The van der Waals surface area contributed by atoms with E-state index in [4.69, 9.17) is 15.9 Å². The maximum atomic E-state index is 11.7. The lowest BCUT2D eigenvalue weighted by molar-refractivity contribution is -0.942. The molecule has 2 heterocycles. The molecule has 0 radical (unpaired) electrons. The Kier molecular flexibility index (Phi) is 6.11. The summed E-state index contributed by atoms with van der Waals surface area (Å²) in [6, 6.07) is 0. The van der Waals surface area contributed by atoms with E-state index in [0.29, 0.717) is 36.2 Å². The van der Waals surface area contributed by atoms with Crippen LogP contribution in [0.5, 0.6) is 0 Å². The lowest BCUT2D eigenvalue weighted by atomic mass is 9.99. The zero-order valence-corrected chi connectivity index (χ0v) is 13.9. The quantitative estimate of drug-likeness (QED) is 0.375. The lowest BCUT2D eigenvalue weighted by Crippen LogP contribution is -2.52. The Labute approximate surface area is 139 Å². The topological polar surface area (TPSA) is 113 Å². The fourth-order valence-corrected chi connectivity index (χ4v) is 4.70. The maximum absolute atomic E-state index is 11.7. The number of hydrogen-bond acceptors (Lipinski definition) is 5. The van der Waals surface area contributed by atoms with Crippen molar-refractivity contribution in [3.05, 3.63) is 16.0 Å².